The number of rotatable bonds is 8. The van der Waals surface area contributed by atoms with E-state index < -0.39 is 0 Å². The molecule has 0 bridgehead atoms. The highest BCUT2D eigenvalue weighted by Gasteiger charge is 2.11. The van der Waals surface area contributed by atoms with Crippen LogP contribution in [0.4, 0.5) is 11.4 Å². The van der Waals surface area contributed by atoms with Crippen molar-refractivity contribution < 1.29 is 19.1 Å². The molecule has 0 aliphatic heterocycles. The van der Waals surface area contributed by atoms with Crippen LogP contribution in [0.5, 0.6) is 5.75 Å². The molecule has 152 valence electrons. The maximum Gasteiger partial charge on any atom is 0.255 e. The second kappa shape index (κ2) is 10.0. The Kier molecular flexibility index (Phi) is 6.95. The summed E-state index contributed by atoms with van der Waals surface area (Å²) in [5.41, 5.74) is 2.17. The van der Waals surface area contributed by atoms with Gasteiger partial charge in [-0.3, -0.25) is 14.4 Å². The zero-order valence-electron chi connectivity index (χ0n) is 16.6. The van der Waals surface area contributed by atoms with Crippen LogP contribution in [0, 0.1) is 0 Å². The van der Waals surface area contributed by atoms with Crippen molar-refractivity contribution in [1.82, 2.24) is 0 Å². The Balaban J connectivity index is 1.53. The van der Waals surface area contributed by atoms with E-state index in [1.165, 1.54) is 7.11 Å². The lowest BCUT2D eigenvalue weighted by Gasteiger charge is -2.10. The number of nitrogens with one attached hydrogen (secondary N) is 2. The molecule has 2 amide bonds. The molecule has 6 heteroatoms. The predicted molar refractivity (Wildman–Crippen MR) is 116 cm³/mol. The fraction of sp³-hybridized carbons (Fsp3) is 0.125. The summed E-state index contributed by atoms with van der Waals surface area (Å²) in [6, 6.07) is 22.6. The topological polar surface area (TPSA) is 84.5 Å². The molecule has 2 N–H and O–H groups in total. The molecule has 0 heterocycles. The van der Waals surface area contributed by atoms with Crippen molar-refractivity contribution >= 4 is 29.0 Å². The molecule has 0 aliphatic carbocycles. The molecule has 3 aromatic rings. The largest absolute Gasteiger partial charge is 0.495 e. The summed E-state index contributed by atoms with van der Waals surface area (Å²) in [5.74, 6) is -0.0507. The Morgan fingerprint density at radius 3 is 2.10 bits per heavy atom. The molecule has 0 saturated carbocycles. The SMILES string of the molecule is COc1ccccc1NC(=O)c1ccc(NC(=O)CCC(=O)c2ccccc2)cc1. The van der Waals surface area contributed by atoms with Gasteiger partial charge in [0.2, 0.25) is 5.91 Å². The maximum atomic E-state index is 12.4. The van der Waals surface area contributed by atoms with Crippen LogP contribution in [0.3, 0.4) is 0 Å². The average molecular weight is 402 g/mol. The quantitative estimate of drug-likeness (QED) is 0.542. The Morgan fingerprint density at radius 2 is 1.40 bits per heavy atom. The summed E-state index contributed by atoms with van der Waals surface area (Å²) in [6.07, 6.45) is 0.221. The van der Waals surface area contributed by atoms with Crippen molar-refractivity contribution in [3.8, 4) is 5.75 Å². The van der Waals surface area contributed by atoms with Gasteiger partial charge in [-0.05, 0) is 36.4 Å². The first-order valence-electron chi connectivity index (χ1n) is 9.49. The van der Waals surface area contributed by atoms with Crippen molar-refractivity contribution in [3.63, 3.8) is 0 Å². The average Bonchev–Trinajstić information content (AvgIpc) is 2.79. The minimum Gasteiger partial charge on any atom is -0.495 e. The number of ketones is 1. The Labute approximate surface area is 174 Å². The minimum absolute atomic E-state index is 0.0749. The van der Waals surface area contributed by atoms with E-state index >= 15 is 0 Å². The number of para-hydroxylation sites is 2. The monoisotopic (exact) mass is 402 g/mol. The van der Waals surface area contributed by atoms with Crippen LogP contribution in [-0.2, 0) is 4.79 Å². The van der Waals surface area contributed by atoms with Crippen LogP contribution in [0.25, 0.3) is 0 Å². The van der Waals surface area contributed by atoms with E-state index in [-0.39, 0.29) is 30.4 Å². The van der Waals surface area contributed by atoms with Gasteiger partial charge in [-0.25, -0.2) is 0 Å². The normalized spacial score (nSPS) is 10.2. The highest BCUT2D eigenvalue weighted by molar-refractivity contribution is 6.05. The molecule has 0 saturated heterocycles. The van der Waals surface area contributed by atoms with E-state index in [9.17, 15) is 14.4 Å². The number of anilines is 2. The first-order valence-corrected chi connectivity index (χ1v) is 9.49. The number of amides is 2. The number of hydrogen-bond acceptors (Lipinski definition) is 4. The number of hydrogen-bond donors (Lipinski definition) is 2. The Bertz CT molecular complexity index is 1030. The van der Waals surface area contributed by atoms with E-state index in [4.69, 9.17) is 4.74 Å². The third-order valence-corrected chi connectivity index (χ3v) is 4.46. The summed E-state index contributed by atoms with van der Waals surface area (Å²) in [7, 11) is 1.54. The Morgan fingerprint density at radius 1 is 0.733 bits per heavy atom. The number of Topliss-reactive ketones (excluding diaryl/α,β-unsaturated/α-hetero) is 1. The second-order valence-corrected chi connectivity index (χ2v) is 6.57. The van der Waals surface area contributed by atoms with Gasteiger partial charge in [0, 0.05) is 29.7 Å². The fourth-order valence-electron chi connectivity index (χ4n) is 2.87. The van der Waals surface area contributed by atoms with E-state index in [1.54, 1.807) is 66.7 Å². The van der Waals surface area contributed by atoms with Gasteiger partial charge in [0.25, 0.3) is 5.91 Å². The summed E-state index contributed by atoms with van der Waals surface area (Å²) in [5, 5.41) is 5.54. The summed E-state index contributed by atoms with van der Waals surface area (Å²) < 4.78 is 5.23. The summed E-state index contributed by atoms with van der Waals surface area (Å²) in [4.78, 5) is 36.6. The first-order chi connectivity index (χ1) is 14.6. The molecule has 0 fully saturated rings. The number of benzene rings is 3. The second-order valence-electron chi connectivity index (χ2n) is 6.57. The van der Waals surface area contributed by atoms with Crippen molar-refractivity contribution in [3.05, 3.63) is 90.0 Å². The maximum absolute atomic E-state index is 12.4. The number of ether oxygens (including phenoxy) is 1. The third kappa shape index (κ3) is 5.54. The number of carbonyl (C=O) groups excluding carboxylic acids is 3. The van der Waals surface area contributed by atoms with Gasteiger partial charge in [-0.1, -0.05) is 42.5 Å². The first kappa shape index (κ1) is 20.8. The molecule has 0 radical (unpaired) electrons. The van der Waals surface area contributed by atoms with Gasteiger partial charge in [-0.15, -0.1) is 0 Å². The summed E-state index contributed by atoms with van der Waals surface area (Å²) >= 11 is 0. The molecule has 30 heavy (non-hydrogen) atoms. The van der Waals surface area contributed by atoms with Crippen LogP contribution in [0.1, 0.15) is 33.6 Å². The van der Waals surface area contributed by atoms with E-state index in [1.807, 2.05) is 12.1 Å². The number of carbonyl (C=O) groups is 3. The van der Waals surface area contributed by atoms with Gasteiger partial charge < -0.3 is 15.4 Å². The molecule has 0 unspecified atom stereocenters. The highest BCUT2D eigenvalue weighted by Crippen LogP contribution is 2.24. The van der Waals surface area contributed by atoms with Crippen LogP contribution in [-0.4, -0.2) is 24.7 Å². The molecule has 3 rings (SSSR count). The molecule has 6 nitrogen and oxygen atoms in total. The van der Waals surface area contributed by atoms with Crippen molar-refractivity contribution in [1.29, 1.82) is 0 Å². The zero-order chi connectivity index (χ0) is 21.3. The standard InChI is InChI=1S/C24H22N2O4/c1-30-22-10-6-5-9-20(22)26-24(29)18-11-13-19(14-12-18)25-23(28)16-15-21(27)17-7-3-2-4-8-17/h2-14H,15-16H2,1H3,(H,25,28)(H,26,29). The fourth-order valence-corrected chi connectivity index (χ4v) is 2.87. The zero-order valence-corrected chi connectivity index (χ0v) is 16.6. The van der Waals surface area contributed by atoms with Crippen LogP contribution in [0.2, 0.25) is 0 Å². The van der Waals surface area contributed by atoms with Crippen LogP contribution in [0.15, 0.2) is 78.9 Å². The van der Waals surface area contributed by atoms with E-state index in [2.05, 4.69) is 10.6 Å². The molecule has 0 aliphatic rings. The lowest BCUT2D eigenvalue weighted by molar-refractivity contribution is -0.116. The molecule has 3 aromatic carbocycles. The molecular weight excluding hydrogens is 380 g/mol. The van der Waals surface area contributed by atoms with Crippen molar-refractivity contribution in [2.45, 2.75) is 12.8 Å². The third-order valence-electron chi connectivity index (χ3n) is 4.46. The molecule has 0 spiro atoms. The smallest absolute Gasteiger partial charge is 0.255 e. The lowest BCUT2D eigenvalue weighted by atomic mass is 10.1. The molecular formula is C24H22N2O4. The van der Waals surface area contributed by atoms with Gasteiger partial charge >= 0.3 is 0 Å². The predicted octanol–water partition coefficient (Wildman–Crippen LogP) is 4.55. The minimum atomic E-state index is -0.286. The van der Waals surface area contributed by atoms with Gasteiger partial charge in [-0.2, -0.15) is 0 Å². The summed E-state index contributed by atoms with van der Waals surface area (Å²) in [6.45, 7) is 0. The Hall–Kier alpha value is -3.93. The number of methoxy groups -OCH3 is 1. The van der Waals surface area contributed by atoms with Gasteiger partial charge in [0.1, 0.15) is 5.75 Å². The molecule has 0 aromatic heterocycles. The van der Waals surface area contributed by atoms with Crippen molar-refractivity contribution in [2.75, 3.05) is 17.7 Å². The van der Waals surface area contributed by atoms with E-state index in [0.29, 0.717) is 28.3 Å². The van der Waals surface area contributed by atoms with Gasteiger partial charge in [0.15, 0.2) is 5.78 Å². The molecule has 0 atom stereocenters. The van der Waals surface area contributed by atoms with Crippen LogP contribution < -0.4 is 15.4 Å². The lowest BCUT2D eigenvalue weighted by Crippen LogP contribution is -2.15. The van der Waals surface area contributed by atoms with Gasteiger partial charge in [0.05, 0.1) is 12.8 Å². The van der Waals surface area contributed by atoms with Crippen molar-refractivity contribution in [2.24, 2.45) is 0 Å². The highest BCUT2D eigenvalue weighted by atomic mass is 16.5. The van der Waals surface area contributed by atoms with E-state index in [0.717, 1.165) is 0 Å². The van der Waals surface area contributed by atoms with Crippen LogP contribution >= 0.6 is 0 Å².